The summed E-state index contributed by atoms with van der Waals surface area (Å²) in [6, 6.07) is 7.89. The molecule has 0 aliphatic heterocycles. The van der Waals surface area contributed by atoms with Gasteiger partial charge in [-0.15, -0.1) is 11.3 Å². The van der Waals surface area contributed by atoms with Gasteiger partial charge in [0.1, 0.15) is 6.54 Å². The lowest BCUT2D eigenvalue weighted by Crippen LogP contribution is -2.29. The number of aliphatic carboxylic acids is 1. The van der Waals surface area contributed by atoms with Gasteiger partial charge in [0, 0.05) is 39.4 Å². The van der Waals surface area contributed by atoms with E-state index in [4.69, 9.17) is 5.11 Å². The normalized spacial score (nSPS) is 10.3. The van der Waals surface area contributed by atoms with Crippen LogP contribution in [0, 0.1) is 13.8 Å². The molecule has 0 spiro atoms. The Kier molecular flexibility index (Phi) is 6.84. The molecule has 0 bridgehead atoms. The summed E-state index contributed by atoms with van der Waals surface area (Å²) in [5.41, 5.74) is 1.44. The fourth-order valence-electron chi connectivity index (χ4n) is 2.46. The van der Waals surface area contributed by atoms with Crippen LogP contribution >= 0.6 is 11.3 Å². The van der Waals surface area contributed by atoms with Gasteiger partial charge in [-0.3, -0.25) is 19.2 Å². The second-order valence-corrected chi connectivity index (χ2v) is 7.41. The summed E-state index contributed by atoms with van der Waals surface area (Å²) < 4.78 is 0. The Morgan fingerprint density at radius 1 is 1.04 bits per heavy atom. The van der Waals surface area contributed by atoms with E-state index in [-0.39, 0.29) is 30.1 Å². The Morgan fingerprint density at radius 3 is 2.26 bits per heavy atom. The predicted octanol–water partition coefficient (Wildman–Crippen LogP) is 2.78. The molecule has 142 valence electrons. The first kappa shape index (κ1) is 20.3. The van der Waals surface area contributed by atoms with Crippen LogP contribution in [0.15, 0.2) is 30.3 Å². The number of carboxylic acid groups (broad SMARTS) is 1. The molecule has 0 saturated heterocycles. The van der Waals surface area contributed by atoms with Gasteiger partial charge in [0.15, 0.2) is 5.78 Å². The lowest BCUT2D eigenvalue weighted by Gasteiger charge is -2.07. The molecule has 0 radical (unpaired) electrons. The quantitative estimate of drug-likeness (QED) is 0.602. The van der Waals surface area contributed by atoms with Gasteiger partial charge in [0.05, 0.1) is 0 Å². The number of Topliss-reactive ketones (excluding diaryl/α,β-unsaturated/α-hetero) is 1. The summed E-state index contributed by atoms with van der Waals surface area (Å²) in [5, 5.41) is 13.5. The van der Waals surface area contributed by atoms with Crippen LogP contribution in [0.4, 0.5) is 5.69 Å². The lowest BCUT2D eigenvalue weighted by molar-refractivity contribution is -0.135. The highest BCUT2D eigenvalue weighted by Gasteiger charge is 2.14. The molecule has 1 heterocycles. The van der Waals surface area contributed by atoms with E-state index in [1.807, 2.05) is 19.9 Å². The maximum absolute atomic E-state index is 12.2. The van der Waals surface area contributed by atoms with Crippen molar-refractivity contribution in [3.8, 4) is 0 Å². The van der Waals surface area contributed by atoms with Gasteiger partial charge in [-0.2, -0.15) is 0 Å². The van der Waals surface area contributed by atoms with Crippen LogP contribution in [0.2, 0.25) is 0 Å². The fraction of sp³-hybridized carbons (Fsp3) is 0.263. The van der Waals surface area contributed by atoms with Crippen LogP contribution in [0.3, 0.4) is 0 Å². The van der Waals surface area contributed by atoms with E-state index >= 15 is 0 Å². The third-order valence-corrected chi connectivity index (χ3v) is 4.72. The van der Waals surface area contributed by atoms with Crippen LogP contribution in [0.1, 0.15) is 43.3 Å². The first-order valence-corrected chi connectivity index (χ1v) is 9.08. The molecule has 7 nitrogen and oxygen atoms in total. The number of anilines is 1. The fourth-order valence-corrected chi connectivity index (χ4v) is 3.40. The van der Waals surface area contributed by atoms with Crippen LogP contribution in [-0.2, 0) is 9.59 Å². The van der Waals surface area contributed by atoms with E-state index in [2.05, 4.69) is 10.6 Å². The van der Waals surface area contributed by atoms with Crippen molar-refractivity contribution >= 4 is 40.6 Å². The van der Waals surface area contributed by atoms with E-state index in [1.165, 1.54) is 12.1 Å². The van der Waals surface area contributed by atoms with Gasteiger partial charge >= 0.3 is 5.97 Å². The number of rotatable bonds is 8. The standard InChI is InChI=1S/C19H20N2O5S/c1-11-9-15(12(2)27-11)16(22)7-8-17(23)21-14-5-3-13(4-6-14)19(26)20-10-18(24)25/h3-6,9H,7-8,10H2,1-2H3,(H,20,26)(H,21,23)(H,24,25). The number of carboxylic acids is 1. The molecule has 0 unspecified atom stereocenters. The smallest absolute Gasteiger partial charge is 0.322 e. The first-order chi connectivity index (χ1) is 12.8. The number of carbonyl (C=O) groups excluding carboxylic acids is 3. The molecule has 0 saturated carbocycles. The van der Waals surface area contributed by atoms with Crippen molar-refractivity contribution < 1.29 is 24.3 Å². The first-order valence-electron chi connectivity index (χ1n) is 8.26. The number of nitrogens with one attached hydrogen (secondary N) is 2. The van der Waals surface area contributed by atoms with Crippen LogP contribution in [0.25, 0.3) is 0 Å². The summed E-state index contributed by atoms with van der Waals surface area (Å²) >= 11 is 1.56. The predicted molar refractivity (Wildman–Crippen MR) is 102 cm³/mol. The molecule has 2 aromatic rings. The Hall–Kier alpha value is -3.00. The number of ketones is 1. The maximum atomic E-state index is 12.2. The Morgan fingerprint density at radius 2 is 1.70 bits per heavy atom. The third-order valence-electron chi connectivity index (χ3n) is 3.75. The molecule has 0 fully saturated rings. The van der Waals surface area contributed by atoms with Crippen molar-refractivity contribution in [2.75, 3.05) is 11.9 Å². The molecule has 0 aliphatic rings. The Balaban J connectivity index is 1.85. The van der Waals surface area contributed by atoms with Crippen molar-refractivity contribution in [3.05, 3.63) is 51.2 Å². The molecule has 0 atom stereocenters. The molecule has 3 N–H and O–H groups in total. The topological polar surface area (TPSA) is 113 Å². The highest BCUT2D eigenvalue weighted by atomic mass is 32.1. The summed E-state index contributed by atoms with van der Waals surface area (Å²) in [6.45, 7) is 3.36. The Labute approximate surface area is 160 Å². The van der Waals surface area contributed by atoms with Gasteiger partial charge in [0.2, 0.25) is 5.91 Å². The number of hydrogen-bond acceptors (Lipinski definition) is 5. The van der Waals surface area contributed by atoms with Crippen molar-refractivity contribution in [1.29, 1.82) is 0 Å². The minimum atomic E-state index is -1.13. The highest BCUT2D eigenvalue weighted by Crippen LogP contribution is 2.22. The molecular formula is C19H20N2O5S. The van der Waals surface area contributed by atoms with Crippen molar-refractivity contribution in [2.45, 2.75) is 26.7 Å². The van der Waals surface area contributed by atoms with Gasteiger partial charge in [-0.1, -0.05) is 0 Å². The zero-order valence-corrected chi connectivity index (χ0v) is 15.8. The number of carbonyl (C=O) groups is 4. The molecule has 8 heteroatoms. The number of hydrogen-bond donors (Lipinski definition) is 3. The monoisotopic (exact) mass is 388 g/mol. The molecule has 1 aromatic heterocycles. The summed E-state index contributed by atoms with van der Waals surface area (Å²) in [4.78, 5) is 48.4. The molecule has 2 rings (SSSR count). The summed E-state index contributed by atoms with van der Waals surface area (Å²) in [7, 11) is 0. The number of thiophene rings is 1. The highest BCUT2D eigenvalue weighted by molar-refractivity contribution is 7.12. The van der Waals surface area contributed by atoms with E-state index in [1.54, 1.807) is 23.5 Å². The average Bonchev–Trinajstić information content (AvgIpc) is 2.96. The van der Waals surface area contributed by atoms with Crippen molar-refractivity contribution in [3.63, 3.8) is 0 Å². The van der Waals surface area contributed by atoms with E-state index < -0.39 is 18.4 Å². The molecule has 27 heavy (non-hydrogen) atoms. The zero-order valence-electron chi connectivity index (χ0n) is 15.0. The van der Waals surface area contributed by atoms with Gasteiger partial charge in [0.25, 0.3) is 5.91 Å². The van der Waals surface area contributed by atoms with Gasteiger partial charge < -0.3 is 15.7 Å². The third kappa shape index (κ3) is 6.03. The second kappa shape index (κ2) is 9.09. The Bertz CT molecular complexity index is 871. The van der Waals surface area contributed by atoms with Crippen LogP contribution in [0.5, 0.6) is 0 Å². The maximum Gasteiger partial charge on any atom is 0.322 e. The van der Waals surface area contributed by atoms with E-state index in [9.17, 15) is 19.2 Å². The molecule has 1 aromatic carbocycles. The summed E-state index contributed by atoms with van der Waals surface area (Å²) in [5.74, 6) is -2.00. The minimum Gasteiger partial charge on any atom is -0.480 e. The molecule has 0 aliphatic carbocycles. The number of aryl methyl sites for hydroxylation is 2. The average molecular weight is 388 g/mol. The number of benzene rings is 1. The second-order valence-electron chi connectivity index (χ2n) is 5.95. The SMILES string of the molecule is Cc1cc(C(=O)CCC(=O)Nc2ccc(C(=O)NCC(=O)O)cc2)c(C)s1. The molecule has 2 amide bonds. The van der Waals surface area contributed by atoms with Crippen molar-refractivity contribution in [1.82, 2.24) is 5.32 Å². The summed E-state index contributed by atoms with van der Waals surface area (Å²) in [6.07, 6.45) is 0.187. The van der Waals surface area contributed by atoms with Crippen molar-refractivity contribution in [2.24, 2.45) is 0 Å². The minimum absolute atomic E-state index is 0.0579. The number of amides is 2. The lowest BCUT2D eigenvalue weighted by atomic mass is 10.1. The van der Waals surface area contributed by atoms with E-state index in [0.29, 0.717) is 11.3 Å². The zero-order chi connectivity index (χ0) is 20.0. The van der Waals surface area contributed by atoms with Crippen LogP contribution in [-0.4, -0.2) is 35.2 Å². The van der Waals surface area contributed by atoms with Gasteiger partial charge in [-0.25, -0.2) is 0 Å². The van der Waals surface area contributed by atoms with E-state index in [0.717, 1.165) is 9.75 Å². The molecular weight excluding hydrogens is 368 g/mol. The van der Waals surface area contributed by atoms with Crippen LogP contribution < -0.4 is 10.6 Å². The van der Waals surface area contributed by atoms with Gasteiger partial charge in [-0.05, 0) is 44.2 Å². The largest absolute Gasteiger partial charge is 0.480 e.